The molecule has 1 heterocycles. The molecule has 1 rings (SSSR count). The number of hydrogen-bond donors (Lipinski definition) is 1. The third-order valence-electron chi connectivity index (χ3n) is 2.47. The van der Waals surface area contributed by atoms with Crippen molar-refractivity contribution in [3.63, 3.8) is 0 Å². The van der Waals surface area contributed by atoms with Crippen molar-refractivity contribution < 1.29 is 9.47 Å². The molecule has 0 spiro atoms. The van der Waals surface area contributed by atoms with Gasteiger partial charge in [-0.2, -0.15) is 0 Å². The molecule has 3 nitrogen and oxygen atoms in total. The second-order valence-corrected chi connectivity index (χ2v) is 4.76. The van der Waals surface area contributed by atoms with Gasteiger partial charge in [0.15, 0.2) is 0 Å². The van der Waals surface area contributed by atoms with E-state index in [2.05, 4.69) is 26.1 Å². The van der Waals surface area contributed by atoms with Crippen LogP contribution in [0.4, 0.5) is 0 Å². The molecule has 1 aliphatic rings. The molecular formula is C11H23NO2. The highest BCUT2D eigenvalue weighted by atomic mass is 16.5. The molecule has 3 heteroatoms. The van der Waals surface area contributed by atoms with E-state index in [1.807, 2.05) is 0 Å². The van der Waals surface area contributed by atoms with Crippen LogP contribution in [-0.2, 0) is 9.47 Å². The Morgan fingerprint density at radius 2 is 2.29 bits per heavy atom. The zero-order chi connectivity index (χ0) is 10.4. The molecule has 1 fully saturated rings. The molecule has 0 aliphatic carbocycles. The Morgan fingerprint density at radius 3 is 2.86 bits per heavy atom. The van der Waals surface area contributed by atoms with E-state index in [1.54, 1.807) is 0 Å². The third-order valence-corrected chi connectivity index (χ3v) is 2.47. The van der Waals surface area contributed by atoms with Crippen LogP contribution in [0.3, 0.4) is 0 Å². The predicted octanol–water partition coefficient (Wildman–Crippen LogP) is 1.43. The topological polar surface area (TPSA) is 30.5 Å². The lowest BCUT2D eigenvalue weighted by Gasteiger charge is -2.23. The summed E-state index contributed by atoms with van der Waals surface area (Å²) in [5.74, 6) is 0.625. The van der Waals surface area contributed by atoms with Gasteiger partial charge in [0, 0.05) is 25.3 Å². The SMILES string of the molecule is CC(C)COCCNC1(C)CCOC1. The van der Waals surface area contributed by atoms with Crippen LogP contribution in [0.1, 0.15) is 27.2 Å². The van der Waals surface area contributed by atoms with Crippen molar-refractivity contribution in [2.75, 3.05) is 33.0 Å². The molecule has 1 saturated heterocycles. The van der Waals surface area contributed by atoms with Gasteiger partial charge in [0.25, 0.3) is 0 Å². The van der Waals surface area contributed by atoms with Crippen LogP contribution < -0.4 is 5.32 Å². The number of hydrogen-bond acceptors (Lipinski definition) is 3. The minimum absolute atomic E-state index is 0.182. The Hall–Kier alpha value is -0.120. The first-order valence-corrected chi connectivity index (χ1v) is 5.53. The fourth-order valence-corrected chi connectivity index (χ4v) is 1.55. The van der Waals surface area contributed by atoms with Crippen molar-refractivity contribution >= 4 is 0 Å². The average Bonchev–Trinajstić information content (AvgIpc) is 2.51. The van der Waals surface area contributed by atoms with Crippen molar-refractivity contribution in [1.82, 2.24) is 5.32 Å². The van der Waals surface area contributed by atoms with Gasteiger partial charge in [-0.3, -0.25) is 0 Å². The van der Waals surface area contributed by atoms with Crippen molar-refractivity contribution in [3.05, 3.63) is 0 Å². The number of nitrogens with one attached hydrogen (secondary N) is 1. The molecular weight excluding hydrogens is 178 g/mol. The second kappa shape index (κ2) is 5.69. The summed E-state index contributed by atoms with van der Waals surface area (Å²) in [6.45, 7) is 10.8. The Labute approximate surface area is 87.2 Å². The van der Waals surface area contributed by atoms with Gasteiger partial charge >= 0.3 is 0 Å². The predicted molar refractivity (Wildman–Crippen MR) is 57.5 cm³/mol. The van der Waals surface area contributed by atoms with Crippen LogP contribution >= 0.6 is 0 Å². The number of rotatable bonds is 6. The molecule has 1 atom stereocenters. The highest BCUT2D eigenvalue weighted by Crippen LogP contribution is 2.16. The molecule has 0 radical (unpaired) electrons. The van der Waals surface area contributed by atoms with E-state index in [0.29, 0.717) is 5.92 Å². The molecule has 14 heavy (non-hydrogen) atoms. The fourth-order valence-electron chi connectivity index (χ4n) is 1.55. The minimum atomic E-state index is 0.182. The summed E-state index contributed by atoms with van der Waals surface area (Å²) in [4.78, 5) is 0. The van der Waals surface area contributed by atoms with Gasteiger partial charge in [0.05, 0.1) is 13.2 Å². The summed E-state index contributed by atoms with van der Waals surface area (Å²) in [6.07, 6.45) is 1.11. The molecule has 1 unspecified atom stereocenters. The summed E-state index contributed by atoms with van der Waals surface area (Å²) in [7, 11) is 0. The van der Waals surface area contributed by atoms with Crippen LogP contribution in [0.25, 0.3) is 0 Å². The van der Waals surface area contributed by atoms with Crippen LogP contribution in [0.15, 0.2) is 0 Å². The summed E-state index contributed by atoms with van der Waals surface area (Å²) in [5.41, 5.74) is 0.182. The van der Waals surface area contributed by atoms with E-state index in [1.165, 1.54) is 0 Å². The van der Waals surface area contributed by atoms with Crippen LogP contribution in [0, 0.1) is 5.92 Å². The summed E-state index contributed by atoms with van der Waals surface area (Å²) < 4.78 is 10.8. The standard InChI is InChI=1S/C11H23NO2/c1-10(2)8-13-7-5-12-11(3)4-6-14-9-11/h10,12H,4-9H2,1-3H3. The Kier molecular flexibility index (Phi) is 4.85. The zero-order valence-electron chi connectivity index (χ0n) is 9.64. The lowest BCUT2D eigenvalue weighted by atomic mass is 10.0. The van der Waals surface area contributed by atoms with Gasteiger partial charge < -0.3 is 14.8 Å². The van der Waals surface area contributed by atoms with Crippen LogP contribution in [-0.4, -0.2) is 38.5 Å². The number of ether oxygens (including phenoxy) is 2. The van der Waals surface area contributed by atoms with E-state index < -0.39 is 0 Å². The molecule has 0 aromatic heterocycles. The summed E-state index contributed by atoms with van der Waals surface area (Å²) in [6, 6.07) is 0. The third kappa shape index (κ3) is 4.40. The normalized spacial score (nSPS) is 27.4. The van der Waals surface area contributed by atoms with E-state index >= 15 is 0 Å². The Bertz CT molecular complexity index is 153. The van der Waals surface area contributed by atoms with Crippen molar-refractivity contribution in [3.8, 4) is 0 Å². The maximum atomic E-state index is 5.50. The fraction of sp³-hybridized carbons (Fsp3) is 1.00. The largest absolute Gasteiger partial charge is 0.380 e. The van der Waals surface area contributed by atoms with Gasteiger partial charge in [0.2, 0.25) is 0 Å². The molecule has 1 N–H and O–H groups in total. The molecule has 0 aromatic carbocycles. The summed E-state index contributed by atoms with van der Waals surface area (Å²) in [5, 5.41) is 3.48. The van der Waals surface area contributed by atoms with Crippen molar-refractivity contribution in [1.29, 1.82) is 0 Å². The minimum Gasteiger partial charge on any atom is -0.380 e. The Morgan fingerprint density at radius 1 is 1.50 bits per heavy atom. The van der Waals surface area contributed by atoms with Crippen LogP contribution in [0.2, 0.25) is 0 Å². The van der Waals surface area contributed by atoms with E-state index in [-0.39, 0.29) is 5.54 Å². The van der Waals surface area contributed by atoms with Crippen molar-refractivity contribution in [2.24, 2.45) is 5.92 Å². The first-order valence-electron chi connectivity index (χ1n) is 5.53. The first-order chi connectivity index (χ1) is 6.62. The molecule has 0 aromatic rings. The van der Waals surface area contributed by atoms with E-state index in [9.17, 15) is 0 Å². The molecule has 1 aliphatic heterocycles. The lowest BCUT2D eigenvalue weighted by Crippen LogP contribution is -2.44. The highest BCUT2D eigenvalue weighted by Gasteiger charge is 2.28. The van der Waals surface area contributed by atoms with Gasteiger partial charge in [0.1, 0.15) is 0 Å². The van der Waals surface area contributed by atoms with Gasteiger partial charge in [-0.15, -0.1) is 0 Å². The molecule has 0 bridgehead atoms. The monoisotopic (exact) mass is 201 g/mol. The molecule has 0 amide bonds. The average molecular weight is 201 g/mol. The zero-order valence-corrected chi connectivity index (χ0v) is 9.64. The maximum absolute atomic E-state index is 5.50. The Balaban J connectivity index is 1.98. The van der Waals surface area contributed by atoms with Crippen molar-refractivity contribution in [2.45, 2.75) is 32.7 Å². The highest BCUT2D eigenvalue weighted by molar-refractivity contribution is 4.86. The van der Waals surface area contributed by atoms with Crippen LogP contribution in [0.5, 0.6) is 0 Å². The van der Waals surface area contributed by atoms with E-state index in [0.717, 1.165) is 39.4 Å². The molecule has 84 valence electrons. The summed E-state index contributed by atoms with van der Waals surface area (Å²) >= 11 is 0. The lowest BCUT2D eigenvalue weighted by molar-refractivity contribution is 0.103. The first kappa shape index (κ1) is 12.0. The maximum Gasteiger partial charge on any atom is 0.0646 e. The van der Waals surface area contributed by atoms with E-state index in [4.69, 9.17) is 9.47 Å². The second-order valence-electron chi connectivity index (χ2n) is 4.76. The van der Waals surface area contributed by atoms with Gasteiger partial charge in [-0.05, 0) is 19.3 Å². The van der Waals surface area contributed by atoms with Gasteiger partial charge in [-0.25, -0.2) is 0 Å². The smallest absolute Gasteiger partial charge is 0.0646 e. The quantitative estimate of drug-likeness (QED) is 0.659. The molecule has 0 saturated carbocycles. The van der Waals surface area contributed by atoms with Gasteiger partial charge in [-0.1, -0.05) is 13.8 Å².